The Hall–Kier alpha value is -2.92. The highest BCUT2D eigenvalue weighted by atomic mass is 19.4. The van der Waals surface area contributed by atoms with Crippen molar-refractivity contribution in [2.45, 2.75) is 37.3 Å². The lowest BCUT2D eigenvalue weighted by molar-refractivity contribution is -0.192. The number of rotatable bonds is 4. The Labute approximate surface area is 175 Å². The van der Waals surface area contributed by atoms with Gasteiger partial charge in [-0.05, 0) is 30.2 Å². The van der Waals surface area contributed by atoms with E-state index >= 15 is 0 Å². The molecule has 4 rings (SSSR count). The van der Waals surface area contributed by atoms with Crippen LogP contribution in [0, 0.1) is 0 Å². The SMILES string of the molecule is O=C(O)C(F)(F)F.O=C(c1ccoc1)N1CC[C@]2(C[C@H](OCc3ccncc3)CO2)C1. The number of alkyl halides is 3. The van der Waals surface area contributed by atoms with Gasteiger partial charge in [-0.3, -0.25) is 9.78 Å². The number of carbonyl (C=O) groups excluding carboxylic acids is 1. The number of furan rings is 1. The number of carboxylic acid groups (broad SMARTS) is 1. The Kier molecular flexibility index (Phi) is 6.96. The number of ether oxygens (including phenoxy) is 2. The Bertz CT molecular complexity index is 875. The van der Waals surface area contributed by atoms with Crippen molar-refractivity contribution in [1.29, 1.82) is 0 Å². The third-order valence-corrected chi connectivity index (χ3v) is 5.02. The zero-order valence-electron chi connectivity index (χ0n) is 16.4. The molecular weight excluding hydrogens is 421 g/mol. The second-order valence-corrected chi connectivity index (χ2v) is 7.28. The summed E-state index contributed by atoms with van der Waals surface area (Å²) in [6.07, 6.45) is 3.21. The number of aliphatic carboxylic acids is 1. The second-order valence-electron chi connectivity index (χ2n) is 7.28. The summed E-state index contributed by atoms with van der Waals surface area (Å²) in [6.45, 7) is 2.47. The van der Waals surface area contributed by atoms with Crippen molar-refractivity contribution < 1.29 is 41.8 Å². The van der Waals surface area contributed by atoms with Gasteiger partial charge in [0.15, 0.2) is 0 Å². The topological polar surface area (TPSA) is 102 Å². The molecule has 2 aliphatic heterocycles. The molecule has 0 bridgehead atoms. The largest absolute Gasteiger partial charge is 0.490 e. The number of likely N-dealkylation sites (tertiary alicyclic amines) is 1. The van der Waals surface area contributed by atoms with Crippen molar-refractivity contribution in [3.05, 3.63) is 54.2 Å². The summed E-state index contributed by atoms with van der Waals surface area (Å²) in [5.41, 5.74) is 1.44. The van der Waals surface area contributed by atoms with Crippen molar-refractivity contribution in [2.24, 2.45) is 0 Å². The fourth-order valence-electron chi connectivity index (χ4n) is 3.47. The molecule has 4 heterocycles. The molecule has 0 aromatic carbocycles. The molecule has 0 radical (unpaired) electrons. The number of halogens is 3. The molecule has 1 N–H and O–H groups in total. The Balaban J connectivity index is 0.000000339. The maximum absolute atomic E-state index is 12.4. The van der Waals surface area contributed by atoms with Gasteiger partial charge in [-0.25, -0.2) is 4.79 Å². The first-order chi connectivity index (χ1) is 14.7. The highest BCUT2D eigenvalue weighted by Gasteiger charge is 2.47. The maximum atomic E-state index is 12.4. The van der Waals surface area contributed by atoms with Gasteiger partial charge in [0.05, 0.1) is 43.3 Å². The molecule has 168 valence electrons. The molecule has 1 spiro atoms. The molecule has 2 aromatic heterocycles. The van der Waals surface area contributed by atoms with Crippen LogP contribution in [0.25, 0.3) is 0 Å². The standard InChI is InChI=1S/C18H20N2O4.C2HF3O2/c21-17(15-3-8-22-11-15)20-7-4-18(13-20)9-16(12-24-18)23-10-14-1-5-19-6-2-14;3-2(4,5)1(6)7/h1-3,5-6,8,11,16H,4,7,9-10,12-13H2;(H,6,7)/t16-,18-;/m0./s1. The van der Waals surface area contributed by atoms with Crippen LogP contribution in [0.2, 0.25) is 0 Å². The number of carbonyl (C=O) groups is 2. The highest BCUT2D eigenvalue weighted by Crippen LogP contribution is 2.37. The quantitative estimate of drug-likeness (QED) is 0.777. The molecule has 31 heavy (non-hydrogen) atoms. The summed E-state index contributed by atoms with van der Waals surface area (Å²) in [7, 11) is 0. The Morgan fingerprint density at radius 2 is 2.00 bits per heavy atom. The van der Waals surface area contributed by atoms with Gasteiger partial charge in [-0.1, -0.05) is 0 Å². The minimum absolute atomic E-state index is 0.00498. The predicted octanol–water partition coefficient (Wildman–Crippen LogP) is 2.90. The Morgan fingerprint density at radius 1 is 1.29 bits per heavy atom. The van der Waals surface area contributed by atoms with Crippen LogP contribution < -0.4 is 0 Å². The molecule has 2 aromatic rings. The molecule has 0 saturated carbocycles. The molecule has 2 fully saturated rings. The fraction of sp³-hybridized carbons (Fsp3) is 0.450. The van der Waals surface area contributed by atoms with Crippen LogP contribution in [-0.2, 0) is 20.9 Å². The summed E-state index contributed by atoms with van der Waals surface area (Å²) in [4.78, 5) is 27.2. The first-order valence-corrected chi connectivity index (χ1v) is 9.45. The van der Waals surface area contributed by atoms with Crippen molar-refractivity contribution in [1.82, 2.24) is 9.88 Å². The number of amides is 1. The minimum Gasteiger partial charge on any atom is -0.475 e. The lowest BCUT2D eigenvalue weighted by atomic mass is 9.98. The average molecular weight is 442 g/mol. The minimum atomic E-state index is -5.08. The van der Waals surface area contributed by atoms with E-state index in [9.17, 15) is 18.0 Å². The molecule has 0 aliphatic carbocycles. The monoisotopic (exact) mass is 442 g/mol. The molecule has 2 atom stereocenters. The van der Waals surface area contributed by atoms with Crippen LogP contribution in [-0.4, -0.2) is 64.4 Å². The summed E-state index contributed by atoms with van der Waals surface area (Å²) >= 11 is 0. The number of hydrogen-bond donors (Lipinski definition) is 1. The summed E-state index contributed by atoms with van der Waals surface area (Å²) in [6, 6.07) is 5.60. The van der Waals surface area contributed by atoms with Crippen LogP contribution in [0.3, 0.4) is 0 Å². The summed E-state index contributed by atoms with van der Waals surface area (Å²) < 4.78 is 48.8. The van der Waals surface area contributed by atoms with Crippen LogP contribution in [0.1, 0.15) is 28.8 Å². The van der Waals surface area contributed by atoms with E-state index in [0.717, 1.165) is 18.4 Å². The molecule has 1 amide bonds. The van der Waals surface area contributed by atoms with E-state index in [4.69, 9.17) is 23.8 Å². The second kappa shape index (κ2) is 9.48. The lowest BCUT2D eigenvalue weighted by Gasteiger charge is -2.23. The molecule has 2 aliphatic rings. The van der Waals surface area contributed by atoms with E-state index in [1.165, 1.54) is 12.5 Å². The Morgan fingerprint density at radius 3 is 2.61 bits per heavy atom. The van der Waals surface area contributed by atoms with Gasteiger partial charge in [-0.2, -0.15) is 13.2 Å². The predicted molar refractivity (Wildman–Crippen MR) is 99.0 cm³/mol. The van der Waals surface area contributed by atoms with Gasteiger partial charge in [0, 0.05) is 25.4 Å². The third-order valence-electron chi connectivity index (χ3n) is 5.02. The maximum Gasteiger partial charge on any atom is 0.490 e. The van der Waals surface area contributed by atoms with E-state index in [1.807, 2.05) is 17.0 Å². The van der Waals surface area contributed by atoms with E-state index < -0.39 is 12.1 Å². The molecular formula is C20H21F3N2O6. The van der Waals surface area contributed by atoms with Gasteiger partial charge < -0.3 is 23.9 Å². The zero-order chi connectivity index (χ0) is 22.5. The third kappa shape index (κ3) is 6.05. The molecule has 8 nitrogen and oxygen atoms in total. The molecule has 2 saturated heterocycles. The highest BCUT2D eigenvalue weighted by molar-refractivity contribution is 5.94. The molecule has 11 heteroatoms. The van der Waals surface area contributed by atoms with E-state index in [1.54, 1.807) is 18.5 Å². The van der Waals surface area contributed by atoms with Crippen molar-refractivity contribution in [3.8, 4) is 0 Å². The van der Waals surface area contributed by atoms with E-state index in [0.29, 0.717) is 31.9 Å². The van der Waals surface area contributed by atoms with Gasteiger partial charge >= 0.3 is 12.1 Å². The van der Waals surface area contributed by atoms with Gasteiger partial charge in [-0.15, -0.1) is 0 Å². The van der Waals surface area contributed by atoms with Crippen molar-refractivity contribution in [2.75, 3.05) is 19.7 Å². The van der Waals surface area contributed by atoms with Crippen LogP contribution >= 0.6 is 0 Å². The van der Waals surface area contributed by atoms with Gasteiger partial charge in [0.1, 0.15) is 6.26 Å². The van der Waals surface area contributed by atoms with E-state index in [2.05, 4.69) is 4.98 Å². The van der Waals surface area contributed by atoms with Gasteiger partial charge in [0.2, 0.25) is 0 Å². The van der Waals surface area contributed by atoms with Crippen molar-refractivity contribution >= 4 is 11.9 Å². The van der Waals surface area contributed by atoms with Gasteiger partial charge in [0.25, 0.3) is 5.91 Å². The zero-order valence-corrected chi connectivity index (χ0v) is 16.4. The number of carboxylic acids is 1. The first-order valence-electron chi connectivity index (χ1n) is 9.45. The molecule has 0 unspecified atom stereocenters. The van der Waals surface area contributed by atoms with Crippen LogP contribution in [0.5, 0.6) is 0 Å². The first kappa shape index (κ1) is 22.8. The number of aromatic nitrogens is 1. The fourth-order valence-corrected chi connectivity index (χ4v) is 3.47. The number of hydrogen-bond acceptors (Lipinski definition) is 6. The van der Waals surface area contributed by atoms with Crippen molar-refractivity contribution in [3.63, 3.8) is 0 Å². The lowest BCUT2D eigenvalue weighted by Crippen LogP contribution is -2.36. The van der Waals surface area contributed by atoms with Crippen LogP contribution in [0.4, 0.5) is 13.2 Å². The summed E-state index contributed by atoms with van der Waals surface area (Å²) in [5, 5.41) is 7.12. The summed E-state index contributed by atoms with van der Waals surface area (Å²) in [5.74, 6) is -2.75. The average Bonchev–Trinajstić information content (AvgIpc) is 3.49. The van der Waals surface area contributed by atoms with E-state index in [-0.39, 0.29) is 17.6 Å². The smallest absolute Gasteiger partial charge is 0.475 e. The number of pyridine rings is 1. The normalized spacial score (nSPS) is 22.9. The number of nitrogens with zero attached hydrogens (tertiary/aromatic N) is 2. The van der Waals surface area contributed by atoms with Crippen LogP contribution in [0.15, 0.2) is 47.5 Å².